The zero-order valence-corrected chi connectivity index (χ0v) is 21.0. The lowest BCUT2D eigenvalue weighted by Gasteiger charge is -2.35. The summed E-state index contributed by atoms with van der Waals surface area (Å²) in [7, 11) is -2.16. The van der Waals surface area contributed by atoms with Crippen LogP contribution in [0.5, 0.6) is 5.75 Å². The standard InChI is InChI=1S/C26H34N4O4S/c1-34-24-9-7-23(8-10-24)27-35(32,33)25-11-4-22(5-12-25)6-13-26(31)30-20-18-29(19-21-30)17-16-28-14-2-3-15-28/h4-13,27H,2-3,14-21H2,1H3/b13-6+. The number of nitrogens with one attached hydrogen (secondary N) is 1. The third-order valence-electron chi connectivity index (χ3n) is 6.57. The van der Waals surface area contributed by atoms with Crippen molar-refractivity contribution in [2.45, 2.75) is 17.7 Å². The zero-order valence-electron chi connectivity index (χ0n) is 20.2. The first-order valence-electron chi connectivity index (χ1n) is 12.1. The average Bonchev–Trinajstić information content (AvgIpc) is 3.41. The van der Waals surface area contributed by atoms with Crippen LogP contribution in [0.4, 0.5) is 5.69 Å². The van der Waals surface area contributed by atoms with Crippen LogP contribution < -0.4 is 9.46 Å². The van der Waals surface area contributed by atoms with E-state index >= 15 is 0 Å². The molecule has 2 heterocycles. The van der Waals surface area contributed by atoms with Gasteiger partial charge in [-0.3, -0.25) is 14.4 Å². The van der Waals surface area contributed by atoms with Gasteiger partial charge in [0.2, 0.25) is 5.91 Å². The minimum absolute atomic E-state index is 0.0120. The molecule has 0 aliphatic carbocycles. The largest absolute Gasteiger partial charge is 0.497 e. The summed E-state index contributed by atoms with van der Waals surface area (Å²) in [5.41, 5.74) is 1.22. The number of carbonyl (C=O) groups excluding carboxylic acids is 1. The van der Waals surface area contributed by atoms with Crippen molar-refractivity contribution in [3.05, 3.63) is 60.2 Å². The Bertz CT molecular complexity index is 1100. The molecule has 0 saturated carbocycles. The summed E-state index contributed by atoms with van der Waals surface area (Å²) in [6, 6.07) is 13.1. The molecule has 8 nitrogen and oxygen atoms in total. The Kier molecular flexibility index (Phi) is 8.43. The molecule has 2 saturated heterocycles. The Balaban J connectivity index is 1.25. The number of amides is 1. The maximum atomic E-state index is 12.7. The number of ether oxygens (including phenoxy) is 1. The van der Waals surface area contributed by atoms with Crippen LogP contribution >= 0.6 is 0 Å². The lowest BCUT2D eigenvalue weighted by atomic mass is 10.2. The molecule has 1 amide bonds. The maximum absolute atomic E-state index is 12.7. The van der Waals surface area contributed by atoms with Gasteiger partial charge in [0.05, 0.1) is 12.0 Å². The number of likely N-dealkylation sites (tertiary alicyclic amines) is 1. The predicted octanol–water partition coefficient (Wildman–Crippen LogP) is 2.75. The first-order valence-corrected chi connectivity index (χ1v) is 13.6. The van der Waals surface area contributed by atoms with Crippen molar-refractivity contribution < 1.29 is 17.9 Å². The Labute approximate surface area is 208 Å². The van der Waals surface area contributed by atoms with Crippen molar-refractivity contribution in [3.63, 3.8) is 0 Å². The fourth-order valence-corrected chi connectivity index (χ4v) is 5.44. The van der Waals surface area contributed by atoms with E-state index in [1.807, 2.05) is 4.90 Å². The van der Waals surface area contributed by atoms with Crippen LogP contribution in [0.2, 0.25) is 0 Å². The highest BCUT2D eigenvalue weighted by Crippen LogP contribution is 2.20. The Morgan fingerprint density at radius 3 is 2.09 bits per heavy atom. The summed E-state index contributed by atoms with van der Waals surface area (Å²) in [4.78, 5) is 19.6. The molecule has 0 bridgehead atoms. The minimum atomic E-state index is -3.71. The van der Waals surface area contributed by atoms with Gasteiger partial charge in [0.25, 0.3) is 10.0 Å². The van der Waals surface area contributed by atoms with Gasteiger partial charge in [-0.05, 0) is 74.0 Å². The summed E-state index contributed by atoms with van der Waals surface area (Å²) in [6.45, 7) is 7.90. The monoisotopic (exact) mass is 498 g/mol. The fraction of sp³-hybridized carbons (Fsp3) is 0.423. The first-order chi connectivity index (χ1) is 16.9. The van der Waals surface area contributed by atoms with Crippen molar-refractivity contribution >= 4 is 27.7 Å². The number of methoxy groups -OCH3 is 1. The summed E-state index contributed by atoms with van der Waals surface area (Å²) in [5.74, 6) is 0.639. The Hall–Kier alpha value is -2.88. The van der Waals surface area contributed by atoms with Crippen molar-refractivity contribution in [1.29, 1.82) is 0 Å². The van der Waals surface area contributed by atoms with E-state index in [1.165, 1.54) is 38.1 Å². The molecule has 35 heavy (non-hydrogen) atoms. The van der Waals surface area contributed by atoms with Gasteiger partial charge in [0, 0.05) is 51.0 Å². The second kappa shape index (κ2) is 11.7. The number of benzene rings is 2. The molecule has 9 heteroatoms. The molecule has 2 fully saturated rings. The quantitative estimate of drug-likeness (QED) is 0.536. The Morgan fingerprint density at radius 1 is 0.886 bits per heavy atom. The highest BCUT2D eigenvalue weighted by Gasteiger charge is 2.21. The molecule has 0 unspecified atom stereocenters. The number of carbonyl (C=O) groups is 1. The molecule has 0 spiro atoms. The van der Waals surface area contributed by atoms with Crippen molar-refractivity contribution in [2.75, 3.05) is 64.2 Å². The van der Waals surface area contributed by atoms with Crippen LogP contribution in [0.25, 0.3) is 6.08 Å². The number of rotatable bonds is 9. The van der Waals surface area contributed by atoms with Gasteiger partial charge >= 0.3 is 0 Å². The van der Waals surface area contributed by atoms with Crippen LogP contribution in [-0.4, -0.2) is 88.5 Å². The lowest BCUT2D eigenvalue weighted by Crippen LogP contribution is -2.49. The predicted molar refractivity (Wildman–Crippen MR) is 138 cm³/mol. The van der Waals surface area contributed by atoms with Crippen LogP contribution in [0, 0.1) is 0 Å². The molecule has 2 aliphatic rings. The van der Waals surface area contributed by atoms with Gasteiger partial charge in [-0.25, -0.2) is 8.42 Å². The number of hydrogen-bond donors (Lipinski definition) is 1. The third-order valence-corrected chi connectivity index (χ3v) is 7.96. The van der Waals surface area contributed by atoms with E-state index in [-0.39, 0.29) is 10.8 Å². The summed E-state index contributed by atoms with van der Waals surface area (Å²) < 4.78 is 33.0. The van der Waals surface area contributed by atoms with Gasteiger partial charge < -0.3 is 14.5 Å². The molecule has 0 aromatic heterocycles. The molecule has 1 N–H and O–H groups in total. The number of sulfonamides is 1. The van der Waals surface area contributed by atoms with E-state index in [1.54, 1.807) is 55.7 Å². The van der Waals surface area contributed by atoms with E-state index in [0.29, 0.717) is 11.4 Å². The van der Waals surface area contributed by atoms with Gasteiger partial charge in [0.1, 0.15) is 5.75 Å². The number of hydrogen-bond acceptors (Lipinski definition) is 6. The third kappa shape index (κ3) is 7.06. The van der Waals surface area contributed by atoms with Crippen molar-refractivity contribution in [3.8, 4) is 5.75 Å². The molecule has 2 aromatic carbocycles. The second-order valence-electron chi connectivity index (χ2n) is 8.95. The van der Waals surface area contributed by atoms with E-state index in [2.05, 4.69) is 14.5 Å². The molecular weight excluding hydrogens is 464 g/mol. The van der Waals surface area contributed by atoms with Gasteiger partial charge in [-0.1, -0.05) is 12.1 Å². The molecule has 2 aliphatic heterocycles. The fourth-order valence-electron chi connectivity index (χ4n) is 4.39. The smallest absolute Gasteiger partial charge is 0.261 e. The average molecular weight is 499 g/mol. The molecule has 0 atom stereocenters. The van der Waals surface area contributed by atoms with E-state index < -0.39 is 10.0 Å². The topological polar surface area (TPSA) is 82.2 Å². The first kappa shape index (κ1) is 25.2. The lowest BCUT2D eigenvalue weighted by molar-refractivity contribution is -0.127. The number of nitrogens with zero attached hydrogens (tertiary/aromatic N) is 3. The normalized spacial score (nSPS) is 17.7. The molecule has 188 valence electrons. The van der Waals surface area contributed by atoms with Crippen LogP contribution in [0.3, 0.4) is 0 Å². The number of piperazine rings is 1. The summed E-state index contributed by atoms with van der Waals surface area (Å²) in [5, 5.41) is 0. The highest BCUT2D eigenvalue weighted by atomic mass is 32.2. The van der Waals surface area contributed by atoms with E-state index in [4.69, 9.17) is 4.74 Å². The molecule has 2 aromatic rings. The van der Waals surface area contributed by atoms with Crippen LogP contribution in [-0.2, 0) is 14.8 Å². The molecular formula is C26H34N4O4S. The Morgan fingerprint density at radius 2 is 1.49 bits per heavy atom. The maximum Gasteiger partial charge on any atom is 0.261 e. The van der Waals surface area contributed by atoms with Crippen LogP contribution in [0.15, 0.2) is 59.5 Å². The van der Waals surface area contributed by atoms with Crippen LogP contribution in [0.1, 0.15) is 18.4 Å². The van der Waals surface area contributed by atoms with Gasteiger partial charge in [-0.2, -0.15) is 0 Å². The van der Waals surface area contributed by atoms with Crippen molar-refractivity contribution in [2.24, 2.45) is 0 Å². The van der Waals surface area contributed by atoms with E-state index in [0.717, 1.165) is 44.8 Å². The summed E-state index contributed by atoms with van der Waals surface area (Å²) >= 11 is 0. The highest BCUT2D eigenvalue weighted by molar-refractivity contribution is 7.92. The number of anilines is 1. The molecule has 0 radical (unpaired) electrons. The van der Waals surface area contributed by atoms with Crippen molar-refractivity contribution in [1.82, 2.24) is 14.7 Å². The second-order valence-corrected chi connectivity index (χ2v) is 10.6. The SMILES string of the molecule is COc1ccc(NS(=O)(=O)c2ccc(/C=C/C(=O)N3CCN(CCN4CCCC4)CC3)cc2)cc1. The summed E-state index contributed by atoms with van der Waals surface area (Å²) in [6.07, 6.45) is 5.93. The van der Waals surface area contributed by atoms with Gasteiger partial charge in [-0.15, -0.1) is 0 Å². The zero-order chi connectivity index (χ0) is 24.7. The molecule has 4 rings (SSSR count). The van der Waals surface area contributed by atoms with E-state index in [9.17, 15) is 13.2 Å². The van der Waals surface area contributed by atoms with Gasteiger partial charge in [0.15, 0.2) is 0 Å². The minimum Gasteiger partial charge on any atom is -0.497 e.